The number of rotatable bonds is 7. The summed E-state index contributed by atoms with van der Waals surface area (Å²) in [5.74, 6) is 1.66. The molecular formula is C21H21NO3S. The minimum atomic E-state index is -0.124. The Kier molecular flexibility index (Phi) is 5.92. The van der Waals surface area contributed by atoms with Crippen molar-refractivity contribution < 1.29 is 9.47 Å². The molecule has 3 rings (SSSR count). The predicted molar refractivity (Wildman–Crippen MR) is 107 cm³/mol. The summed E-state index contributed by atoms with van der Waals surface area (Å²) in [6.07, 6.45) is 2.60. The lowest BCUT2D eigenvalue weighted by molar-refractivity contribution is 0.246. The average Bonchev–Trinajstić information content (AvgIpc) is 2.94. The van der Waals surface area contributed by atoms with Crippen molar-refractivity contribution >= 4 is 24.0 Å². The highest BCUT2D eigenvalue weighted by Gasteiger charge is 2.03. The third kappa shape index (κ3) is 4.64. The molecule has 1 N–H and O–H groups in total. The molecule has 134 valence electrons. The second-order valence-corrected chi connectivity index (χ2v) is 6.98. The van der Waals surface area contributed by atoms with Gasteiger partial charge in [0.1, 0.15) is 11.5 Å². The number of nitrogens with one attached hydrogen (secondary N) is 1. The molecule has 3 aromatic rings. The summed E-state index contributed by atoms with van der Waals surface area (Å²) < 4.78 is 12.9. The number of para-hydroxylation sites is 2. The Morgan fingerprint density at radius 1 is 1.04 bits per heavy atom. The molecule has 0 aliphatic heterocycles. The number of aromatic amines is 1. The van der Waals surface area contributed by atoms with E-state index in [1.54, 1.807) is 0 Å². The van der Waals surface area contributed by atoms with Gasteiger partial charge in [0.2, 0.25) is 0 Å². The number of hydrogen-bond donors (Lipinski definition) is 1. The predicted octanol–water partition coefficient (Wildman–Crippen LogP) is 2.83. The van der Waals surface area contributed by atoms with Gasteiger partial charge in [0.25, 0.3) is 5.56 Å². The first-order valence-corrected chi connectivity index (χ1v) is 9.25. The average molecular weight is 367 g/mol. The number of thiazole rings is 1. The first-order valence-electron chi connectivity index (χ1n) is 8.43. The topological polar surface area (TPSA) is 51.3 Å². The standard InChI is InChI=1S/C21H21NO3S/c1-15-8-3-5-10-18(15)24-12-7-13-25-19-11-6-4-9-17(19)14-20-21(23)22-16(2)26-20/h3-6,8-11,14H,2,7,12-13H2,1H3,(H,22,23). The fourth-order valence-corrected chi connectivity index (χ4v) is 3.24. The highest BCUT2D eigenvalue weighted by atomic mass is 32.1. The van der Waals surface area contributed by atoms with Crippen LogP contribution in [0.5, 0.6) is 11.5 Å². The van der Waals surface area contributed by atoms with E-state index in [4.69, 9.17) is 9.47 Å². The van der Waals surface area contributed by atoms with Crippen molar-refractivity contribution in [3.63, 3.8) is 0 Å². The summed E-state index contributed by atoms with van der Waals surface area (Å²) in [4.78, 5) is 14.5. The fourth-order valence-electron chi connectivity index (χ4n) is 2.50. The molecule has 0 saturated carbocycles. The van der Waals surface area contributed by atoms with Crippen LogP contribution < -0.4 is 24.2 Å². The molecule has 0 bridgehead atoms. The zero-order chi connectivity index (χ0) is 18.4. The molecule has 0 saturated heterocycles. The summed E-state index contributed by atoms with van der Waals surface area (Å²) >= 11 is 1.34. The van der Waals surface area contributed by atoms with Crippen LogP contribution in [0.4, 0.5) is 0 Å². The van der Waals surface area contributed by atoms with Crippen molar-refractivity contribution in [2.45, 2.75) is 13.3 Å². The normalized spacial score (nSPS) is 11.5. The maximum absolute atomic E-state index is 11.8. The minimum Gasteiger partial charge on any atom is -0.493 e. The van der Waals surface area contributed by atoms with Gasteiger partial charge in [-0.3, -0.25) is 4.79 Å². The zero-order valence-electron chi connectivity index (χ0n) is 14.7. The molecule has 0 aliphatic rings. The summed E-state index contributed by atoms with van der Waals surface area (Å²) in [7, 11) is 0. The molecule has 0 spiro atoms. The lowest BCUT2D eigenvalue weighted by Crippen LogP contribution is -2.19. The number of H-pyrrole nitrogens is 1. The highest BCUT2D eigenvalue weighted by molar-refractivity contribution is 7.07. The number of aryl methyl sites for hydroxylation is 1. The van der Waals surface area contributed by atoms with Crippen LogP contribution in [0.1, 0.15) is 17.5 Å². The van der Waals surface area contributed by atoms with Crippen LogP contribution in [0.25, 0.3) is 12.7 Å². The molecule has 5 heteroatoms. The van der Waals surface area contributed by atoms with E-state index >= 15 is 0 Å². The maximum Gasteiger partial charge on any atom is 0.266 e. The Morgan fingerprint density at radius 2 is 1.69 bits per heavy atom. The molecule has 0 fully saturated rings. The summed E-state index contributed by atoms with van der Waals surface area (Å²) in [6.45, 7) is 6.92. The van der Waals surface area contributed by atoms with Crippen LogP contribution in [0.3, 0.4) is 0 Å². The third-order valence-electron chi connectivity index (χ3n) is 3.81. The summed E-state index contributed by atoms with van der Waals surface area (Å²) in [6, 6.07) is 15.6. The van der Waals surface area contributed by atoms with Gasteiger partial charge in [-0.1, -0.05) is 43.0 Å². The van der Waals surface area contributed by atoms with Crippen molar-refractivity contribution in [3.8, 4) is 11.5 Å². The second-order valence-electron chi connectivity index (χ2n) is 5.84. The van der Waals surface area contributed by atoms with Gasteiger partial charge >= 0.3 is 0 Å². The first-order chi connectivity index (χ1) is 12.6. The SMILES string of the molecule is C=c1[nH]c(=O)c(=Cc2ccccc2OCCCOc2ccccc2C)s1. The van der Waals surface area contributed by atoms with Crippen LogP contribution in [0.15, 0.2) is 53.3 Å². The van der Waals surface area contributed by atoms with Gasteiger partial charge in [0.05, 0.1) is 22.4 Å². The van der Waals surface area contributed by atoms with Gasteiger partial charge in [-0.05, 0) is 30.7 Å². The maximum atomic E-state index is 11.8. The molecule has 1 heterocycles. The quantitative estimate of drug-likeness (QED) is 0.654. The molecular weight excluding hydrogens is 346 g/mol. The number of benzene rings is 2. The number of hydrogen-bond acceptors (Lipinski definition) is 4. The van der Waals surface area contributed by atoms with Crippen LogP contribution >= 0.6 is 11.3 Å². The van der Waals surface area contributed by atoms with Gasteiger partial charge in [0, 0.05) is 12.0 Å². The lowest BCUT2D eigenvalue weighted by atomic mass is 10.2. The molecule has 0 amide bonds. The van der Waals surface area contributed by atoms with Gasteiger partial charge in [0.15, 0.2) is 0 Å². The van der Waals surface area contributed by atoms with E-state index in [9.17, 15) is 4.79 Å². The van der Waals surface area contributed by atoms with E-state index in [1.807, 2.05) is 61.5 Å². The van der Waals surface area contributed by atoms with Gasteiger partial charge in [-0.15, -0.1) is 11.3 Å². The fraction of sp³-hybridized carbons (Fsp3) is 0.190. The molecule has 0 atom stereocenters. The molecule has 0 unspecified atom stereocenters. The molecule has 0 aliphatic carbocycles. The van der Waals surface area contributed by atoms with Gasteiger partial charge in [-0.2, -0.15) is 0 Å². The Balaban J connectivity index is 1.60. The van der Waals surface area contributed by atoms with Gasteiger partial charge < -0.3 is 14.5 Å². The Bertz CT molecular complexity index is 1040. The monoisotopic (exact) mass is 367 g/mol. The molecule has 4 nitrogen and oxygen atoms in total. The van der Waals surface area contributed by atoms with E-state index in [0.29, 0.717) is 22.4 Å². The third-order valence-corrected chi connectivity index (χ3v) is 4.68. The first kappa shape index (κ1) is 18.0. The van der Waals surface area contributed by atoms with Crippen molar-refractivity contribution in [1.29, 1.82) is 0 Å². The molecule has 2 aromatic carbocycles. The highest BCUT2D eigenvalue weighted by Crippen LogP contribution is 2.19. The Labute approximate surface area is 156 Å². The van der Waals surface area contributed by atoms with E-state index in [1.165, 1.54) is 11.3 Å². The van der Waals surface area contributed by atoms with E-state index in [2.05, 4.69) is 11.6 Å². The Hall–Kier alpha value is -2.79. The molecule has 1 aromatic heterocycles. The number of ether oxygens (including phenoxy) is 2. The molecule has 26 heavy (non-hydrogen) atoms. The van der Waals surface area contributed by atoms with Crippen molar-refractivity contribution in [2.24, 2.45) is 0 Å². The zero-order valence-corrected chi connectivity index (χ0v) is 15.5. The van der Waals surface area contributed by atoms with E-state index in [0.717, 1.165) is 29.0 Å². The van der Waals surface area contributed by atoms with Crippen molar-refractivity contribution in [3.05, 3.63) is 79.2 Å². The van der Waals surface area contributed by atoms with E-state index in [-0.39, 0.29) is 5.56 Å². The Morgan fingerprint density at radius 3 is 2.38 bits per heavy atom. The number of aromatic nitrogens is 1. The smallest absolute Gasteiger partial charge is 0.266 e. The summed E-state index contributed by atoms with van der Waals surface area (Å²) in [5.41, 5.74) is 1.88. The van der Waals surface area contributed by atoms with Crippen LogP contribution in [-0.2, 0) is 0 Å². The van der Waals surface area contributed by atoms with E-state index < -0.39 is 0 Å². The van der Waals surface area contributed by atoms with Crippen LogP contribution in [0.2, 0.25) is 0 Å². The van der Waals surface area contributed by atoms with Crippen LogP contribution in [0, 0.1) is 6.92 Å². The largest absolute Gasteiger partial charge is 0.493 e. The van der Waals surface area contributed by atoms with Crippen LogP contribution in [-0.4, -0.2) is 18.2 Å². The minimum absolute atomic E-state index is 0.124. The molecule has 0 radical (unpaired) electrons. The second kappa shape index (κ2) is 8.54. The lowest BCUT2D eigenvalue weighted by Gasteiger charge is -2.11. The van der Waals surface area contributed by atoms with Crippen molar-refractivity contribution in [1.82, 2.24) is 4.98 Å². The van der Waals surface area contributed by atoms with Gasteiger partial charge in [-0.25, -0.2) is 0 Å². The summed E-state index contributed by atoms with van der Waals surface area (Å²) in [5, 5.41) is 0. The van der Waals surface area contributed by atoms with Crippen molar-refractivity contribution in [2.75, 3.05) is 13.2 Å².